The lowest BCUT2D eigenvalue weighted by molar-refractivity contribution is -0.147. The van der Waals surface area contributed by atoms with Crippen LogP contribution in [0.25, 0.3) is 0 Å². The third kappa shape index (κ3) is 8.23. The van der Waals surface area contributed by atoms with Gasteiger partial charge in [-0.25, -0.2) is 4.79 Å². The summed E-state index contributed by atoms with van der Waals surface area (Å²) in [7, 11) is 0. The lowest BCUT2D eigenvalue weighted by atomic mass is 10.1. The molecule has 0 heterocycles. The number of carbonyl (C=O) groups excluding carboxylic acids is 1. The summed E-state index contributed by atoms with van der Waals surface area (Å²) < 4.78 is 0. The Morgan fingerprint density at radius 2 is 1.94 bits per heavy atom. The van der Waals surface area contributed by atoms with E-state index in [0.29, 0.717) is 6.42 Å². The van der Waals surface area contributed by atoms with E-state index < -0.39 is 12.1 Å². The van der Waals surface area contributed by atoms with Gasteiger partial charge in [-0.3, -0.25) is 4.79 Å². The molecule has 16 heavy (non-hydrogen) atoms. The topological polar surface area (TPSA) is 86.6 Å². The van der Waals surface area contributed by atoms with Crippen LogP contribution >= 0.6 is 0 Å². The summed E-state index contributed by atoms with van der Waals surface area (Å²) in [5.41, 5.74) is 0. The van der Waals surface area contributed by atoms with E-state index in [1.165, 1.54) is 0 Å². The van der Waals surface area contributed by atoms with E-state index in [1.807, 2.05) is 0 Å². The number of carbonyl (C=O) groups is 2. The molecule has 5 nitrogen and oxygen atoms in total. The van der Waals surface area contributed by atoms with Crippen LogP contribution in [0.4, 0.5) is 0 Å². The largest absolute Gasteiger partial charge is 0.479 e. The summed E-state index contributed by atoms with van der Waals surface area (Å²) in [5.74, 6) is -1.33. The van der Waals surface area contributed by atoms with Gasteiger partial charge in [0.15, 0.2) is 6.10 Å². The highest BCUT2D eigenvalue weighted by atomic mass is 16.4. The normalized spacial score (nSPS) is 12.1. The van der Waals surface area contributed by atoms with Gasteiger partial charge < -0.3 is 15.5 Å². The van der Waals surface area contributed by atoms with Crippen LogP contribution in [0.15, 0.2) is 0 Å². The van der Waals surface area contributed by atoms with Gasteiger partial charge in [-0.05, 0) is 6.42 Å². The summed E-state index contributed by atoms with van der Waals surface area (Å²) in [6.45, 7) is 2.31. The fraction of sp³-hybridized carbons (Fsp3) is 0.818. The molecule has 0 spiro atoms. The highest BCUT2D eigenvalue weighted by Gasteiger charge is 2.12. The lowest BCUT2D eigenvalue weighted by Crippen LogP contribution is -2.29. The van der Waals surface area contributed by atoms with Crippen molar-refractivity contribution in [2.45, 2.75) is 51.6 Å². The number of aliphatic hydroxyl groups is 1. The van der Waals surface area contributed by atoms with Crippen molar-refractivity contribution in [2.24, 2.45) is 0 Å². The fourth-order valence-corrected chi connectivity index (χ4v) is 1.27. The van der Waals surface area contributed by atoms with Crippen molar-refractivity contribution in [2.75, 3.05) is 6.54 Å². The van der Waals surface area contributed by atoms with E-state index in [9.17, 15) is 9.59 Å². The molecule has 0 aliphatic rings. The van der Waals surface area contributed by atoms with E-state index in [0.717, 1.165) is 25.7 Å². The van der Waals surface area contributed by atoms with Gasteiger partial charge >= 0.3 is 5.97 Å². The van der Waals surface area contributed by atoms with Crippen LogP contribution in [-0.2, 0) is 9.59 Å². The molecule has 0 bridgehead atoms. The Labute approximate surface area is 95.9 Å². The first-order valence-corrected chi connectivity index (χ1v) is 5.75. The Balaban J connectivity index is 3.40. The highest BCUT2D eigenvalue weighted by Crippen LogP contribution is 2.02. The molecule has 0 saturated heterocycles. The van der Waals surface area contributed by atoms with Crippen molar-refractivity contribution in [3.63, 3.8) is 0 Å². The average Bonchev–Trinajstić information content (AvgIpc) is 2.24. The molecule has 0 aromatic heterocycles. The molecular weight excluding hydrogens is 210 g/mol. The van der Waals surface area contributed by atoms with Crippen LogP contribution in [0.3, 0.4) is 0 Å². The quantitative estimate of drug-likeness (QED) is 0.515. The van der Waals surface area contributed by atoms with Crippen LogP contribution in [-0.4, -0.2) is 34.7 Å². The third-order valence-electron chi connectivity index (χ3n) is 2.28. The van der Waals surface area contributed by atoms with Gasteiger partial charge in [0.05, 0.1) is 0 Å². The van der Waals surface area contributed by atoms with Crippen molar-refractivity contribution in [3.8, 4) is 0 Å². The first kappa shape index (κ1) is 14.9. The second-order valence-corrected chi connectivity index (χ2v) is 3.80. The molecule has 1 amide bonds. The minimum Gasteiger partial charge on any atom is -0.479 e. The smallest absolute Gasteiger partial charge is 0.332 e. The van der Waals surface area contributed by atoms with Gasteiger partial charge in [-0.1, -0.05) is 26.2 Å². The van der Waals surface area contributed by atoms with Gasteiger partial charge in [-0.15, -0.1) is 0 Å². The highest BCUT2D eigenvalue weighted by molar-refractivity contribution is 5.76. The molecule has 1 atom stereocenters. The van der Waals surface area contributed by atoms with Crippen LogP contribution < -0.4 is 5.32 Å². The predicted molar refractivity (Wildman–Crippen MR) is 60.0 cm³/mol. The number of unbranched alkanes of at least 4 members (excludes halogenated alkanes) is 3. The molecule has 94 valence electrons. The molecule has 5 heteroatoms. The Morgan fingerprint density at radius 1 is 1.25 bits per heavy atom. The van der Waals surface area contributed by atoms with Gasteiger partial charge in [-0.2, -0.15) is 0 Å². The average molecular weight is 231 g/mol. The molecular formula is C11H21NO4. The number of carboxylic acid groups (broad SMARTS) is 1. The monoisotopic (exact) mass is 231 g/mol. The van der Waals surface area contributed by atoms with Crippen LogP contribution in [0.5, 0.6) is 0 Å². The molecule has 0 unspecified atom stereocenters. The molecule has 0 aromatic rings. The zero-order valence-electron chi connectivity index (χ0n) is 9.74. The minimum atomic E-state index is -1.39. The van der Waals surface area contributed by atoms with Gasteiger partial charge in [0.25, 0.3) is 0 Å². The molecule has 0 rings (SSSR count). The molecule has 0 radical (unpaired) electrons. The molecule has 0 fully saturated rings. The number of rotatable bonds is 9. The van der Waals surface area contributed by atoms with E-state index in [4.69, 9.17) is 10.2 Å². The van der Waals surface area contributed by atoms with Crippen LogP contribution in [0, 0.1) is 0 Å². The fourth-order valence-electron chi connectivity index (χ4n) is 1.27. The van der Waals surface area contributed by atoms with Crippen molar-refractivity contribution in [3.05, 3.63) is 0 Å². The maximum absolute atomic E-state index is 11.2. The van der Waals surface area contributed by atoms with Gasteiger partial charge in [0, 0.05) is 19.4 Å². The summed E-state index contributed by atoms with van der Waals surface area (Å²) in [6.07, 6.45) is 3.31. The minimum absolute atomic E-state index is 0.0516. The molecule has 0 aromatic carbocycles. The maximum Gasteiger partial charge on any atom is 0.332 e. The number of amides is 1. The van der Waals surface area contributed by atoms with E-state index in [-0.39, 0.29) is 18.9 Å². The third-order valence-corrected chi connectivity index (χ3v) is 2.28. The van der Waals surface area contributed by atoms with Gasteiger partial charge in [0.2, 0.25) is 5.91 Å². The molecule has 0 aliphatic carbocycles. The van der Waals surface area contributed by atoms with Crippen molar-refractivity contribution in [1.29, 1.82) is 0 Å². The molecule has 3 N–H and O–H groups in total. The van der Waals surface area contributed by atoms with E-state index >= 15 is 0 Å². The second-order valence-electron chi connectivity index (χ2n) is 3.80. The van der Waals surface area contributed by atoms with E-state index in [2.05, 4.69) is 12.2 Å². The van der Waals surface area contributed by atoms with E-state index in [1.54, 1.807) is 0 Å². The Bertz CT molecular complexity index is 218. The lowest BCUT2D eigenvalue weighted by Gasteiger charge is -2.07. The summed E-state index contributed by atoms with van der Waals surface area (Å²) in [5, 5.41) is 19.9. The Kier molecular flexibility index (Phi) is 8.52. The first-order chi connectivity index (χ1) is 7.57. The Morgan fingerprint density at radius 3 is 2.50 bits per heavy atom. The predicted octanol–water partition coefficient (Wildman–Crippen LogP) is 0.909. The van der Waals surface area contributed by atoms with Crippen molar-refractivity contribution in [1.82, 2.24) is 5.32 Å². The van der Waals surface area contributed by atoms with Crippen LogP contribution in [0.2, 0.25) is 0 Å². The number of hydrogen-bond donors (Lipinski definition) is 3. The zero-order valence-corrected chi connectivity index (χ0v) is 9.74. The number of hydrogen-bond acceptors (Lipinski definition) is 3. The van der Waals surface area contributed by atoms with Gasteiger partial charge in [0.1, 0.15) is 0 Å². The Hall–Kier alpha value is -1.10. The summed E-state index contributed by atoms with van der Waals surface area (Å²) >= 11 is 0. The number of aliphatic hydroxyl groups excluding tert-OH is 1. The first-order valence-electron chi connectivity index (χ1n) is 5.75. The number of carboxylic acids is 1. The summed E-state index contributed by atoms with van der Waals surface area (Å²) in [6, 6.07) is 0. The number of aliphatic carboxylic acids is 1. The van der Waals surface area contributed by atoms with Crippen molar-refractivity contribution >= 4 is 11.9 Å². The molecule has 0 aliphatic heterocycles. The second kappa shape index (κ2) is 9.15. The molecule has 0 saturated carbocycles. The maximum atomic E-state index is 11.2. The SMILES string of the molecule is CCCCCCC(=O)NCC[C@H](O)C(=O)O. The zero-order chi connectivity index (χ0) is 12.4. The number of nitrogens with one attached hydrogen (secondary N) is 1. The van der Waals surface area contributed by atoms with Crippen molar-refractivity contribution < 1.29 is 19.8 Å². The summed E-state index contributed by atoms with van der Waals surface area (Å²) in [4.78, 5) is 21.5. The van der Waals surface area contributed by atoms with Crippen LogP contribution in [0.1, 0.15) is 45.4 Å². The standard InChI is InChI=1S/C11H21NO4/c1-2-3-4-5-6-10(14)12-8-7-9(13)11(15)16/h9,13H,2-8H2,1H3,(H,12,14)(H,15,16)/t9-/m0/s1.